The summed E-state index contributed by atoms with van der Waals surface area (Å²) >= 11 is 1.68. The summed E-state index contributed by atoms with van der Waals surface area (Å²) in [5.41, 5.74) is 3.40. The van der Waals surface area contributed by atoms with E-state index in [1.807, 2.05) is 68.6 Å². The van der Waals surface area contributed by atoms with Crippen LogP contribution >= 0.6 is 11.8 Å². The van der Waals surface area contributed by atoms with Crippen LogP contribution in [0.1, 0.15) is 45.2 Å². The fourth-order valence-electron chi connectivity index (χ4n) is 4.01. The number of amides is 2. The monoisotopic (exact) mass is 478 g/mol. The maximum absolute atomic E-state index is 13.0. The van der Waals surface area contributed by atoms with Crippen molar-refractivity contribution < 1.29 is 14.1 Å². The summed E-state index contributed by atoms with van der Waals surface area (Å²) in [6.45, 7) is 9.24. The van der Waals surface area contributed by atoms with Crippen molar-refractivity contribution in [2.24, 2.45) is 5.92 Å². The van der Waals surface area contributed by atoms with E-state index in [0.29, 0.717) is 30.8 Å². The average Bonchev–Trinajstić information content (AvgIpc) is 3.32. The molecular weight excluding hydrogens is 448 g/mol. The van der Waals surface area contributed by atoms with E-state index in [-0.39, 0.29) is 6.03 Å². The van der Waals surface area contributed by atoms with Crippen molar-refractivity contribution in [3.8, 4) is 17.1 Å². The Morgan fingerprint density at radius 1 is 1.15 bits per heavy atom. The third-order valence-electron chi connectivity index (χ3n) is 5.67. The molecule has 0 spiro atoms. The van der Waals surface area contributed by atoms with Gasteiger partial charge >= 0.3 is 6.03 Å². The van der Waals surface area contributed by atoms with Gasteiger partial charge in [0.2, 0.25) is 5.82 Å². The molecule has 0 radical (unpaired) electrons. The molecule has 1 atom stereocenters. The van der Waals surface area contributed by atoms with Gasteiger partial charge in [-0.25, -0.2) is 4.79 Å². The quantitative estimate of drug-likeness (QED) is 0.399. The molecule has 2 amide bonds. The number of ether oxygens (including phenoxy) is 1. The smallest absolute Gasteiger partial charge is 0.322 e. The van der Waals surface area contributed by atoms with Gasteiger partial charge in [-0.3, -0.25) is 4.90 Å². The Morgan fingerprint density at radius 2 is 1.85 bits per heavy atom. The van der Waals surface area contributed by atoms with Crippen molar-refractivity contribution in [3.63, 3.8) is 0 Å². The first kappa shape index (κ1) is 23.9. The molecule has 1 N–H and O–H groups in total. The van der Waals surface area contributed by atoms with E-state index in [1.165, 1.54) is 4.90 Å². The molecule has 1 aliphatic rings. The second-order valence-electron chi connectivity index (χ2n) is 8.54. The van der Waals surface area contributed by atoms with E-state index in [1.54, 1.807) is 16.7 Å². The van der Waals surface area contributed by atoms with Crippen molar-refractivity contribution in [3.05, 3.63) is 65.7 Å². The van der Waals surface area contributed by atoms with Gasteiger partial charge in [0.25, 0.3) is 5.89 Å². The van der Waals surface area contributed by atoms with E-state index in [4.69, 9.17) is 14.2 Å². The minimum absolute atomic E-state index is 0.138. The number of rotatable bonds is 8. The standard InChI is InChI=1S/C26H30N4O3S/c1-6-32-20-11-7-18(8-12-20)23-22(17(4)30(15-16(2)3)26(31)27-23)25-28-24(29-33-25)19-9-13-21(34-5)14-10-19/h7-14,16,23H,6,15H2,1-5H3,(H,27,31). The Kier molecular flexibility index (Phi) is 7.26. The van der Waals surface area contributed by atoms with Gasteiger partial charge in [-0.05, 0) is 68.0 Å². The van der Waals surface area contributed by atoms with E-state index in [0.717, 1.165) is 28.1 Å². The second-order valence-corrected chi connectivity index (χ2v) is 9.42. The predicted molar refractivity (Wildman–Crippen MR) is 135 cm³/mol. The summed E-state index contributed by atoms with van der Waals surface area (Å²) in [6.07, 6.45) is 2.04. The highest BCUT2D eigenvalue weighted by molar-refractivity contribution is 7.98. The third kappa shape index (κ3) is 4.97. The van der Waals surface area contributed by atoms with Gasteiger partial charge in [0.05, 0.1) is 18.2 Å². The zero-order chi connectivity index (χ0) is 24.2. The zero-order valence-electron chi connectivity index (χ0n) is 20.2. The van der Waals surface area contributed by atoms with Crippen LogP contribution in [-0.2, 0) is 0 Å². The number of thioether (sulfide) groups is 1. The Balaban J connectivity index is 1.76. The molecule has 1 aromatic heterocycles. The zero-order valence-corrected chi connectivity index (χ0v) is 21.0. The number of allylic oxidation sites excluding steroid dienone is 1. The van der Waals surface area contributed by atoms with Crippen molar-refractivity contribution in [1.82, 2.24) is 20.4 Å². The molecule has 0 aliphatic carbocycles. The lowest BCUT2D eigenvalue weighted by molar-refractivity contribution is 0.199. The van der Waals surface area contributed by atoms with Crippen LogP contribution in [0.3, 0.4) is 0 Å². The Bertz CT molecular complexity index is 1170. The fourth-order valence-corrected chi connectivity index (χ4v) is 4.42. The van der Waals surface area contributed by atoms with Gasteiger partial charge in [-0.15, -0.1) is 11.8 Å². The molecule has 0 fully saturated rings. The van der Waals surface area contributed by atoms with Gasteiger partial charge in [-0.2, -0.15) is 4.98 Å². The topological polar surface area (TPSA) is 80.5 Å². The summed E-state index contributed by atoms with van der Waals surface area (Å²) in [4.78, 5) is 20.7. The van der Waals surface area contributed by atoms with E-state index < -0.39 is 6.04 Å². The predicted octanol–water partition coefficient (Wildman–Crippen LogP) is 6.01. The third-order valence-corrected chi connectivity index (χ3v) is 6.42. The van der Waals surface area contributed by atoms with Crippen LogP contribution in [0.4, 0.5) is 4.79 Å². The van der Waals surface area contributed by atoms with Crippen molar-refractivity contribution >= 4 is 23.4 Å². The number of urea groups is 1. The number of carbonyl (C=O) groups excluding carboxylic acids is 1. The number of carbonyl (C=O) groups is 1. The highest BCUT2D eigenvalue weighted by Crippen LogP contribution is 2.38. The number of hydrogen-bond donors (Lipinski definition) is 1. The summed E-state index contributed by atoms with van der Waals surface area (Å²) in [7, 11) is 0. The molecule has 0 bridgehead atoms. The highest BCUT2D eigenvalue weighted by Gasteiger charge is 2.36. The molecule has 3 aromatic rings. The summed E-state index contributed by atoms with van der Waals surface area (Å²) in [5.74, 6) is 2.00. The molecule has 7 nitrogen and oxygen atoms in total. The number of nitrogens with one attached hydrogen (secondary N) is 1. The number of hydrogen-bond acceptors (Lipinski definition) is 6. The van der Waals surface area contributed by atoms with E-state index in [2.05, 4.69) is 24.3 Å². The van der Waals surface area contributed by atoms with Crippen LogP contribution in [0, 0.1) is 5.92 Å². The lowest BCUT2D eigenvalue weighted by Gasteiger charge is -2.36. The molecule has 0 saturated heterocycles. The first-order chi connectivity index (χ1) is 16.4. The van der Waals surface area contributed by atoms with Crippen molar-refractivity contribution in [1.29, 1.82) is 0 Å². The summed E-state index contributed by atoms with van der Waals surface area (Å²) in [5, 5.41) is 7.39. The van der Waals surface area contributed by atoms with Crippen LogP contribution in [-0.4, -0.2) is 40.5 Å². The van der Waals surface area contributed by atoms with Crippen LogP contribution in [0.2, 0.25) is 0 Å². The number of nitrogens with zero attached hydrogens (tertiary/aromatic N) is 3. The number of benzene rings is 2. The molecule has 1 aliphatic heterocycles. The van der Waals surface area contributed by atoms with Crippen LogP contribution < -0.4 is 10.1 Å². The molecule has 1 unspecified atom stereocenters. The molecule has 2 heterocycles. The Morgan fingerprint density at radius 3 is 2.47 bits per heavy atom. The highest BCUT2D eigenvalue weighted by atomic mass is 32.2. The van der Waals surface area contributed by atoms with Crippen LogP contribution in [0.15, 0.2) is 63.6 Å². The molecular formula is C26H30N4O3S. The molecule has 8 heteroatoms. The number of aromatic nitrogens is 2. The lowest BCUT2D eigenvalue weighted by atomic mass is 9.94. The molecule has 178 valence electrons. The second kappa shape index (κ2) is 10.3. The molecule has 34 heavy (non-hydrogen) atoms. The van der Waals surface area contributed by atoms with Gasteiger partial charge in [0.1, 0.15) is 5.75 Å². The normalized spacial score (nSPS) is 16.2. The van der Waals surface area contributed by atoms with Gasteiger partial charge in [0, 0.05) is 22.7 Å². The minimum Gasteiger partial charge on any atom is -0.494 e. The first-order valence-electron chi connectivity index (χ1n) is 11.4. The Hall–Kier alpha value is -3.26. The largest absolute Gasteiger partial charge is 0.494 e. The van der Waals surface area contributed by atoms with Crippen LogP contribution in [0.5, 0.6) is 5.75 Å². The first-order valence-corrected chi connectivity index (χ1v) is 12.6. The Labute approximate surface area is 204 Å². The van der Waals surface area contributed by atoms with Gasteiger partial charge in [0.15, 0.2) is 0 Å². The van der Waals surface area contributed by atoms with Gasteiger partial charge < -0.3 is 14.6 Å². The molecule has 2 aromatic carbocycles. The maximum atomic E-state index is 13.0. The minimum atomic E-state index is -0.418. The fraction of sp³-hybridized carbons (Fsp3) is 0.346. The molecule has 0 saturated carbocycles. The van der Waals surface area contributed by atoms with E-state index in [9.17, 15) is 4.79 Å². The average molecular weight is 479 g/mol. The maximum Gasteiger partial charge on any atom is 0.322 e. The van der Waals surface area contributed by atoms with E-state index >= 15 is 0 Å². The van der Waals surface area contributed by atoms with Crippen molar-refractivity contribution in [2.75, 3.05) is 19.4 Å². The summed E-state index contributed by atoms with van der Waals surface area (Å²) in [6, 6.07) is 15.2. The van der Waals surface area contributed by atoms with Crippen LogP contribution in [0.25, 0.3) is 17.0 Å². The summed E-state index contributed by atoms with van der Waals surface area (Å²) < 4.78 is 11.3. The van der Waals surface area contributed by atoms with Gasteiger partial charge in [-0.1, -0.05) is 31.1 Å². The lowest BCUT2D eigenvalue weighted by Crippen LogP contribution is -2.47. The SMILES string of the molecule is CCOc1ccc(C2NC(=O)N(CC(C)C)C(C)=C2c2nc(-c3ccc(SC)cc3)no2)cc1. The molecule has 4 rings (SSSR count). The van der Waals surface area contributed by atoms with Crippen molar-refractivity contribution in [2.45, 2.75) is 38.6 Å².